The molecule has 1 amide bonds. The summed E-state index contributed by atoms with van der Waals surface area (Å²) in [5, 5.41) is 0. The van der Waals surface area contributed by atoms with Gasteiger partial charge in [-0.1, -0.05) is 48.3 Å². The zero-order valence-electron chi connectivity index (χ0n) is 13.1. The monoisotopic (exact) mass is 359 g/mol. The highest BCUT2D eigenvalue weighted by molar-refractivity contribution is 8.26. The Hall–Kier alpha value is -1.79. The molecule has 6 heteroatoms. The second-order valence-corrected chi connectivity index (χ2v) is 7.70. The summed E-state index contributed by atoms with van der Waals surface area (Å²) in [4.78, 5) is 15.1. The number of ether oxygens (including phenoxy) is 2. The van der Waals surface area contributed by atoms with E-state index in [-0.39, 0.29) is 12.7 Å². The average molecular weight is 359 g/mol. The molecule has 0 aromatic heterocycles. The van der Waals surface area contributed by atoms with Gasteiger partial charge in [0.05, 0.1) is 11.4 Å². The first-order valence-corrected chi connectivity index (χ1v) is 9.22. The van der Waals surface area contributed by atoms with Crippen LogP contribution in [0.2, 0.25) is 0 Å². The fourth-order valence-electron chi connectivity index (χ4n) is 3.05. The van der Waals surface area contributed by atoms with E-state index >= 15 is 0 Å². The zero-order valence-corrected chi connectivity index (χ0v) is 14.7. The second-order valence-electron chi connectivity index (χ2n) is 6.02. The smallest absolute Gasteiger partial charge is 0.266 e. The first-order valence-electron chi connectivity index (χ1n) is 8.00. The molecule has 1 aliphatic carbocycles. The van der Waals surface area contributed by atoms with E-state index in [9.17, 15) is 4.79 Å². The number of amides is 1. The third-order valence-electron chi connectivity index (χ3n) is 4.35. The van der Waals surface area contributed by atoms with Crippen molar-refractivity contribution in [1.29, 1.82) is 0 Å². The lowest BCUT2D eigenvalue weighted by atomic mass is 9.94. The van der Waals surface area contributed by atoms with Gasteiger partial charge in [0.15, 0.2) is 11.5 Å². The quantitative estimate of drug-likeness (QED) is 0.463. The SMILES string of the molecule is O=C1/C(=C/C2CC=CCC2)SC(=S)N1Cc1ccc2c(c1)OCO2. The van der Waals surface area contributed by atoms with Gasteiger partial charge in [-0.25, -0.2) is 0 Å². The highest BCUT2D eigenvalue weighted by Gasteiger charge is 2.32. The van der Waals surface area contributed by atoms with Crippen molar-refractivity contribution in [3.8, 4) is 11.5 Å². The number of rotatable bonds is 3. The van der Waals surface area contributed by atoms with Gasteiger partial charge >= 0.3 is 0 Å². The Kier molecular flexibility index (Phi) is 4.33. The molecule has 0 N–H and O–H groups in total. The first-order chi connectivity index (χ1) is 11.7. The maximum Gasteiger partial charge on any atom is 0.266 e. The van der Waals surface area contributed by atoms with E-state index in [1.54, 1.807) is 4.90 Å². The summed E-state index contributed by atoms with van der Waals surface area (Å²) >= 11 is 6.83. The van der Waals surface area contributed by atoms with Crippen molar-refractivity contribution < 1.29 is 14.3 Å². The molecule has 0 bridgehead atoms. The number of benzene rings is 1. The Bertz CT molecular complexity index is 757. The Labute approximate surface area is 150 Å². The van der Waals surface area contributed by atoms with Gasteiger partial charge < -0.3 is 9.47 Å². The normalized spacial score (nSPS) is 24.2. The lowest BCUT2D eigenvalue weighted by Crippen LogP contribution is -2.27. The van der Waals surface area contributed by atoms with E-state index in [4.69, 9.17) is 21.7 Å². The third kappa shape index (κ3) is 3.08. The molecule has 2 aliphatic heterocycles. The minimum absolute atomic E-state index is 0.0113. The molecule has 2 heterocycles. The van der Waals surface area contributed by atoms with Crippen LogP contribution in [0.1, 0.15) is 24.8 Å². The minimum Gasteiger partial charge on any atom is -0.454 e. The van der Waals surface area contributed by atoms with E-state index in [1.165, 1.54) is 11.8 Å². The largest absolute Gasteiger partial charge is 0.454 e. The number of hydrogen-bond donors (Lipinski definition) is 0. The maximum absolute atomic E-state index is 12.7. The number of thiocarbonyl (C=S) groups is 1. The molecule has 0 saturated carbocycles. The number of hydrogen-bond acceptors (Lipinski definition) is 5. The lowest BCUT2D eigenvalue weighted by Gasteiger charge is -2.15. The van der Waals surface area contributed by atoms with Crippen molar-refractivity contribution in [2.24, 2.45) is 5.92 Å². The molecule has 1 unspecified atom stereocenters. The number of fused-ring (bicyclic) bond motifs is 1. The minimum atomic E-state index is 0.0113. The van der Waals surface area contributed by atoms with Crippen LogP contribution in [0.5, 0.6) is 11.5 Å². The van der Waals surface area contributed by atoms with E-state index in [0.717, 1.165) is 41.2 Å². The molecule has 4 nitrogen and oxygen atoms in total. The first kappa shape index (κ1) is 15.7. The molecule has 1 atom stereocenters. The molecule has 1 aromatic carbocycles. The lowest BCUT2D eigenvalue weighted by molar-refractivity contribution is -0.122. The van der Waals surface area contributed by atoms with E-state index in [2.05, 4.69) is 18.2 Å². The summed E-state index contributed by atoms with van der Waals surface area (Å²) in [5.41, 5.74) is 0.984. The average Bonchev–Trinajstić information content (AvgIpc) is 3.16. The van der Waals surface area contributed by atoms with E-state index in [0.29, 0.717) is 16.8 Å². The van der Waals surface area contributed by atoms with Gasteiger partial charge in [0.1, 0.15) is 4.32 Å². The van der Waals surface area contributed by atoms with Gasteiger partial charge in [-0.15, -0.1) is 0 Å². The Balaban J connectivity index is 1.49. The number of carbonyl (C=O) groups is 1. The van der Waals surface area contributed by atoms with Crippen LogP contribution in [0.3, 0.4) is 0 Å². The Morgan fingerprint density at radius 1 is 1.29 bits per heavy atom. The molecule has 1 aromatic rings. The molecule has 0 radical (unpaired) electrons. The number of carbonyl (C=O) groups excluding carboxylic acids is 1. The summed E-state index contributed by atoms with van der Waals surface area (Å²) in [6.07, 6.45) is 9.68. The van der Waals surface area contributed by atoms with Crippen molar-refractivity contribution in [1.82, 2.24) is 4.90 Å². The van der Waals surface area contributed by atoms with Crippen LogP contribution in [0, 0.1) is 5.92 Å². The van der Waals surface area contributed by atoms with Crippen LogP contribution in [0.15, 0.2) is 41.3 Å². The molecule has 124 valence electrons. The fourth-order valence-corrected chi connectivity index (χ4v) is 4.38. The highest BCUT2D eigenvalue weighted by atomic mass is 32.2. The fraction of sp³-hybridized carbons (Fsp3) is 0.333. The van der Waals surface area contributed by atoms with Crippen molar-refractivity contribution >= 4 is 34.2 Å². The summed E-state index contributed by atoms with van der Waals surface area (Å²) < 4.78 is 11.3. The number of allylic oxidation sites excluding steroid dienone is 3. The van der Waals surface area contributed by atoms with Crippen LogP contribution in [-0.2, 0) is 11.3 Å². The molecule has 1 fully saturated rings. The topological polar surface area (TPSA) is 38.8 Å². The van der Waals surface area contributed by atoms with Crippen LogP contribution < -0.4 is 9.47 Å². The van der Waals surface area contributed by atoms with Crippen molar-refractivity contribution in [2.75, 3.05) is 6.79 Å². The van der Waals surface area contributed by atoms with Crippen molar-refractivity contribution in [3.63, 3.8) is 0 Å². The Morgan fingerprint density at radius 2 is 2.17 bits per heavy atom. The van der Waals surface area contributed by atoms with Crippen LogP contribution in [0.25, 0.3) is 0 Å². The van der Waals surface area contributed by atoms with Gasteiger partial charge in [-0.2, -0.15) is 0 Å². The highest BCUT2D eigenvalue weighted by Crippen LogP contribution is 2.37. The predicted octanol–water partition coefficient (Wildman–Crippen LogP) is 4.02. The van der Waals surface area contributed by atoms with Gasteiger partial charge in [-0.05, 0) is 42.9 Å². The second kappa shape index (κ2) is 6.61. The summed E-state index contributed by atoms with van der Waals surface area (Å²) in [5.74, 6) is 1.92. The van der Waals surface area contributed by atoms with E-state index in [1.807, 2.05) is 18.2 Å². The van der Waals surface area contributed by atoms with Gasteiger partial charge in [0, 0.05) is 0 Å². The number of thioether (sulfide) groups is 1. The Morgan fingerprint density at radius 3 is 3.00 bits per heavy atom. The molecule has 1 saturated heterocycles. The third-order valence-corrected chi connectivity index (χ3v) is 5.74. The number of nitrogens with zero attached hydrogens (tertiary/aromatic N) is 1. The predicted molar refractivity (Wildman–Crippen MR) is 97.9 cm³/mol. The molecule has 4 rings (SSSR count). The molecule has 24 heavy (non-hydrogen) atoms. The molecular weight excluding hydrogens is 342 g/mol. The van der Waals surface area contributed by atoms with E-state index < -0.39 is 0 Å². The molecule has 3 aliphatic rings. The van der Waals surface area contributed by atoms with Gasteiger partial charge in [0.2, 0.25) is 6.79 Å². The van der Waals surface area contributed by atoms with Crippen molar-refractivity contribution in [2.45, 2.75) is 25.8 Å². The van der Waals surface area contributed by atoms with Crippen molar-refractivity contribution in [3.05, 3.63) is 46.9 Å². The summed E-state index contributed by atoms with van der Waals surface area (Å²) in [6, 6.07) is 5.73. The zero-order chi connectivity index (χ0) is 16.5. The molecule has 0 spiro atoms. The standard InChI is InChI=1S/C18H17NO3S2/c20-17-16(9-12-4-2-1-3-5-12)24-18(23)19(17)10-13-6-7-14-15(8-13)22-11-21-14/h1-2,6-9,12H,3-5,10-11H2/b16-9-. The van der Waals surface area contributed by atoms with Gasteiger partial charge in [0.25, 0.3) is 5.91 Å². The molecular formula is C18H17NO3S2. The van der Waals surface area contributed by atoms with Crippen LogP contribution in [0.4, 0.5) is 0 Å². The van der Waals surface area contributed by atoms with Crippen LogP contribution >= 0.6 is 24.0 Å². The summed E-state index contributed by atoms with van der Waals surface area (Å²) in [6.45, 7) is 0.710. The van der Waals surface area contributed by atoms with Crippen LogP contribution in [-0.4, -0.2) is 21.9 Å². The van der Waals surface area contributed by atoms with Gasteiger partial charge in [-0.3, -0.25) is 9.69 Å². The maximum atomic E-state index is 12.7. The summed E-state index contributed by atoms with van der Waals surface area (Å²) in [7, 11) is 0.